The second-order valence-corrected chi connectivity index (χ2v) is 4.24. The maximum absolute atomic E-state index is 12.7. The fraction of sp³-hybridized carbons (Fsp3) is 0.455. The van der Waals surface area contributed by atoms with Crippen LogP contribution in [0.15, 0.2) is 24.3 Å². The molecule has 0 spiro atoms. The Morgan fingerprint density at radius 1 is 1.36 bits per heavy atom. The first-order valence-corrected chi connectivity index (χ1v) is 5.85. The third-order valence-corrected chi connectivity index (χ3v) is 3.32. The highest BCUT2D eigenvalue weighted by Crippen LogP contribution is 2.30. The minimum atomic E-state index is -0.176. The Balaban J connectivity index is 2.06. The first-order chi connectivity index (χ1) is 6.79. The van der Waals surface area contributed by atoms with Crippen LogP contribution in [0.25, 0.3) is 0 Å². The van der Waals surface area contributed by atoms with E-state index in [1.807, 2.05) is 12.1 Å². The van der Waals surface area contributed by atoms with Gasteiger partial charge in [0.15, 0.2) is 0 Å². The topological polar surface area (TPSA) is 9.23 Å². The first kappa shape index (κ1) is 10.1. The molecule has 0 radical (unpaired) electrons. The highest BCUT2D eigenvalue weighted by molar-refractivity contribution is 9.09. The van der Waals surface area contributed by atoms with Crippen molar-refractivity contribution >= 4 is 15.9 Å². The molecule has 1 aromatic carbocycles. The molecule has 0 N–H and O–H groups in total. The maximum Gasteiger partial charge on any atom is 0.123 e. The summed E-state index contributed by atoms with van der Waals surface area (Å²) < 4.78 is 18.2. The highest BCUT2D eigenvalue weighted by Gasteiger charge is 2.25. The van der Waals surface area contributed by atoms with Crippen LogP contribution in [0.2, 0.25) is 0 Å². The van der Waals surface area contributed by atoms with Gasteiger partial charge in [0.25, 0.3) is 0 Å². The van der Waals surface area contributed by atoms with E-state index in [1.54, 1.807) is 0 Å². The van der Waals surface area contributed by atoms with Gasteiger partial charge in [-0.15, -0.1) is 0 Å². The summed E-state index contributed by atoms with van der Waals surface area (Å²) in [4.78, 5) is 0. The van der Waals surface area contributed by atoms with Gasteiger partial charge in [0.05, 0.1) is 12.7 Å². The van der Waals surface area contributed by atoms with Gasteiger partial charge in [0.1, 0.15) is 5.82 Å². The van der Waals surface area contributed by atoms with Gasteiger partial charge in [-0.1, -0.05) is 28.1 Å². The van der Waals surface area contributed by atoms with Crippen LogP contribution in [0, 0.1) is 5.82 Å². The van der Waals surface area contributed by atoms with Crippen LogP contribution in [-0.2, 0) is 4.74 Å². The van der Waals surface area contributed by atoms with E-state index in [1.165, 1.54) is 17.7 Å². The average Bonchev–Trinajstić information content (AvgIpc) is 2.67. The molecule has 0 unspecified atom stereocenters. The quantitative estimate of drug-likeness (QED) is 0.741. The maximum atomic E-state index is 12.7. The largest absolute Gasteiger partial charge is 0.377 e. The number of rotatable bonds is 2. The summed E-state index contributed by atoms with van der Waals surface area (Å²) in [5.74, 6) is 0.253. The van der Waals surface area contributed by atoms with Crippen LogP contribution in [-0.4, -0.2) is 18.0 Å². The fourth-order valence-electron chi connectivity index (χ4n) is 1.78. The molecule has 0 aliphatic carbocycles. The molecule has 0 bridgehead atoms. The Kier molecular flexibility index (Phi) is 3.19. The Bertz CT molecular complexity index is 299. The van der Waals surface area contributed by atoms with E-state index in [0.29, 0.717) is 12.0 Å². The predicted octanol–water partition coefficient (Wildman–Crippen LogP) is 3.09. The summed E-state index contributed by atoms with van der Waals surface area (Å²) in [5, 5.41) is 0.880. The summed E-state index contributed by atoms with van der Waals surface area (Å²) in [6.07, 6.45) is 1.33. The Labute approximate surface area is 91.4 Å². The molecule has 1 fully saturated rings. The second kappa shape index (κ2) is 4.41. The van der Waals surface area contributed by atoms with Gasteiger partial charge in [-0.05, 0) is 24.1 Å². The fourth-order valence-corrected chi connectivity index (χ4v) is 2.23. The Morgan fingerprint density at radius 2 is 2.07 bits per heavy atom. The van der Waals surface area contributed by atoms with Crippen molar-refractivity contribution in [1.29, 1.82) is 0 Å². The van der Waals surface area contributed by atoms with Crippen LogP contribution in [0.1, 0.15) is 17.9 Å². The number of hydrogen-bond acceptors (Lipinski definition) is 1. The molecular weight excluding hydrogens is 247 g/mol. The molecule has 2 atom stereocenters. The van der Waals surface area contributed by atoms with E-state index in [-0.39, 0.29) is 5.82 Å². The number of halogens is 2. The lowest BCUT2D eigenvalue weighted by atomic mass is 9.97. The van der Waals surface area contributed by atoms with Crippen LogP contribution in [0.3, 0.4) is 0 Å². The van der Waals surface area contributed by atoms with E-state index >= 15 is 0 Å². The molecule has 1 saturated heterocycles. The summed E-state index contributed by atoms with van der Waals surface area (Å²) in [6, 6.07) is 6.72. The van der Waals surface area contributed by atoms with E-state index < -0.39 is 0 Å². The molecule has 2 rings (SSSR count). The molecule has 1 aliphatic heterocycles. The van der Waals surface area contributed by atoms with E-state index in [9.17, 15) is 4.39 Å². The molecule has 0 aromatic heterocycles. The monoisotopic (exact) mass is 258 g/mol. The van der Waals surface area contributed by atoms with Crippen molar-refractivity contribution in [2.45, 2.75) is 18.4 Å². The van der Waals surface area contributed by atoms with E-state index in [4.69, 9.17) is 4.74 Å². The summed E-state index contributed by atoms with van der Waals surface area (Å²) in [7, 11) is 0. The third-order valence-electron chi connectivity index (χ3n) is 2.59. The minimum Gasteiger partial charge on any atom is -0.377 e. The second-order valence-electron chi connectivity index (χ2n) is 3.59. The van der Waals surface area contributed by atoms with Gasteiger partial charge in [-0.25, -0.2) is 4.39 Å². The van der Waals surface area contributed by atoms with Crippen LogP contribution < -0.4 is 0 Å². The minimum absolute atomic E-state index is 0.176. The first-order valence-electron chi connectivity index (χ1n) is 4.72. The predicted molar refractivity (Wildman–Crippen MR) is 57.3 cm³/mol. The molecule has 0 amide bonds. The van der Waals surface area contributed by atoms with Crippen molar-refractivity contribution in [3.63, 3.8) is 0 Å². The Morgan fingerprint density at radius 3 is 2.64 bits per heavy atom. The van der Waals surface area contributed by atoms with E-state index in [2.05, 4.69) is 15.9 Å². The highest BCUT2D eigenvalue weighted by atomic mass is 79.9. The zero-order chi connectivity index (χ0) is 9.97. The lowest BCUT2D eigenvalue weighted by Crippen LogP contribution is -2.05. The smallest absolute Gasteiger partial charge is 0.123 e. The normalized spacial score (nSPS) is 26.7. The standard InChI is InChI=1S/C11H12BrFO/c12-6-11-5-9(7-14-11)8-1-3-10(13)4-2-8/h1-4,9,11H,5-7H2/t9-,11+/m0/s1. The van der Waals surface area contributed by atoms with Crippen molar-refractivity contribution in [2.75, 3.05) is 11.9 Å². The molecule has 1 nitrogen and oxygen atoms in total. The van der Waals surface area contributed by atoms with Gasteiger partial charge < -0.3 is 4.74 Å². The third kappa shape index (κ3) is 2.15. The zero-order valence-electron chi connectivity index (χ0n) is 7.75. The molecule has 0 saturated carbocycles. The van der Waals surface area contributed by atoms with Gasteiger partial charge in [0.2, 0.25) is 0 Å². The van der Waals surface area contributed by atoms with Crippen LogP contribution in [0.5, 0.6) is 0 Å². The van der Waals surface area contributed by atoms with Crippen molar-refractivity contribution in [2.24, 2.45) is 0 Å². The lowest BCUT2D eigenvalue weighted by Gasteiger charge is -2.07. The molecule has 76 valence electrons. The molecule has 14 heavy (non-hydrogen) atoms. The van der Waals surface area contributed by atoms with Crippen molar-refractivity contribution < 1.29 is 9.13 Å². The van der Waals surface area contributed by atoms with Gasteiger partial charge >= 0.3 is 0 Å². The van der Waals surface area contributed by atoms with Crippen LogP contribution in [0.4, 0.5) is 4.39 Å². The van der Waals surface area contributed by atoms with Crippen molar-refractivity contribution in [3.8, 4) is 0 Å². The summed E-state index contributed by atoms with van der Waals surface area (Å²) in [6.45, 7) is 0.752. The van der Waals surface area contributed by atoms with Gasteiger partial charge in [0, 0.05) is 11.2 Å². The average molecular weight is 259 g/mol. The van der Waals surface area contributed by atoms with Crippen molar-refractivity contribution in [1.82, 2.24) is 0 Å². The zero-order valence-corrected chi connectivity index (χ0v) is 9.34. The number of hydrogen-bond donors (Lipinski definition) is 0. The molecule has 1 heterocycles. The van der Waals surface area contributed by atoms with Crippen LogP contribution >= 0.6 is 15.9 Å². The lowest BCUT2D eigenvalue weighted by molar-refractivity contribution is 0.127. The summed E-state index contributed by atoms with van der Waals surface area (Å²) in [5.41, 5.74) is 1.18. The Hall–Kier alpha value is -0.410. The van der Waals surface area contributed by atoms with Gasteiger partial charge in [-0.2, -0.15) is 0 Å². The number of alkyl halides is 1. The molecule has 1 aromatic rings. The van der Waals surface area contributed by atoms with Gasteiger partial charge in [-0.3, -0.25) is 0 Å². The SMILES string of the molecule is Fc1ccc([C@@H]2CO[C@@H](CBr)C2)cc1. The molecule has 3 heteroatoms. The number of ether oxygens (including phenoxy) is 1. The van der Waals surface area contributed by atoms with E-state index in [0.717, 1.165) is 18.4 Å². The number of benzene rings is 1. The van der Waals surface area contributed by atoms with Crippen molar-refractivity contribution in [3.05, 3.63) is 35.6 Å². The molecule has 1 aliphatic rings. The molecular formula is C11H12BrFO. The summed E-state index contributed by atoms with van der Waals surface area (Å²) >= 11 is 3.40.